The summed E-state index contributed by atoms with van der Waals surface area (Å²) < 4.78 is 1.32. The van der Waals surface area contributed by atoms with Gasteiger partial charge in [-0.05, 0) is 12.8 Å². The Morgan fingerprint density at radius 3 is 1.12 bits per heavy atom. The first-order chi connectivity index (χ1) is 20.0. The van der Waals surface area contributed by atoms with Gasteiger partial charge in [0.25, 0.3) is 0 Å². The molecule has 42 heavy (non-hydrogen) atoms. The second kappa shape index (κ2) is 26.2. The molecule has 0 aromatic heterocycles. The summed E-state index contributed by atoms with van der Waals surface area (Å²) in [6, 6.07) is 0. The maximum Gasteiger partial charge on any atom is 0.220 e. The molecule has 0 rings (SSSR count). The van der Waals surface area contributed by atoms with Crippen LogP contribution in [0.2, 0.25) is 0 Å². The second-order valence-electron chi connectivity index (χ2n) is 14.2. The lowest BCUT2D eigenvalue weighted by molar-refractivity contribution is -0.913. The highest BCUT2D eigenvalue weighted by Crippen LogP contribution is 2.12. The van der Waals surface area contributed by atoms with E-state index in [0.717, 1.165) is 38.8 Å². The van der Waals surface area contributed by atoms with Crippen molar-refractivity contribution in [2.75, 3.05) is 67.5 Å². The summed E-state index contributed by atoms with van der Waals surface area (Å²) in [7, 11) is 8.45. The zero-order valence-electron chi connectivity index (χ0n) is 29.1. The number of aliphatic hydroxyl groups excluding tert-OH is 1. The summed E-state index contributed by atoms with van der Waals surface area (Å²) in [6.45, 7) is 8.65. The molecule has 0 fully saturated rings. The molecule has 0 aliphatic rings. The van der Waals surface area contributed by atoms with Gasteiger partial charge in [0.2, 0.25) is 11.8 Å². The van der Waals surface area contributed by atoms with E-state index in [0.29, 0.717) is 48.0 Å². The van der Waals surface area contributed by atoms with E-state index in [4.69, 9.17) is 0 Å². The van der Waals surface area contributed by atoms with Gasteiger partial charge < -0.3 is 24.7 Å². The van der Waals surface area contributed by atoms with Gasteiger partial charge in [-0.25, -0.2) is 0 Å². The molecule has 0 radical (unpaired) electrons. The third-order valence-electron chi connectivity index (χ3n) is 8.50. The van der Waals surface area contributed by atoms with Gasteiger partial charge in [0.15, 0.2) is 6.10 Å². The monoisotopic (exact) mass is 599 g/mol. The summed E-state index contributed by atoms with van der Waals surface area (Å²) in [5.74, 6) is 0.298. The minimum Gasteiger partial charge on any atom is -0.382 e. The van der Waals surface area contributed by atoms with Crippen molar-refractivity contribution in [3.8, 4) is 0 Å². The number of carbonyl (C=O) groups excluding carboxylic acids is 2. The first kappa shape index (κ1) is 40.8. The number of nitrogens with zero attached hydrogens (tertiary/aromatic N) is 2. The molecule has 7 heteroatoms. The van der Waals surface area contributed by atoms with Crippen LogP contribution in [-0.4, -0.2) is 99.5 Å². The molecular weight excluding hydrogens is 524 g/mol. The van der Waals surface area contributed by atoms with Crippen LogP contribution in [0, 0.1) is 0 Å². The Bertz CT molecular complexity index is 600. The van der Waals surface area contributed by atoms with E-state index in [2.05, 4.69) is 52.7 Å². The summed E-state index contributed by atoms with van der Waals surface area (Å²) in [5.41, 5.74) is 0. The number of aliphatic hydroxyl groups is 1. The van der Waals surface area contributed by atoms with Crippen molar-refractivity contribution in [2.24, 2.45) is 0 Å². The summed E-state index contributed by atoms with van der Waals surface area (Å²) in [6.07, 6.45) is 23.5. The van der Waals surface area contributed by atoms with Crippen molar-refractivity contribution < 1.29 is 23.7 Å². The molecule has 2 amide bonds. The number of unbranched alkanes of at least 4 members (excludes halogenated alkanes) is 16. The maximum atomic E-state index is 12.2. The summed E-state index contributed by atoms with van der Waals surface area (Å²) in [5, 5.41) is 17.0. The average Bonchev–Trinajstić information content (AvgIpc) is 2.90. The number of quaternary nitrogens is 2. The zero-order chi connectivity index (χ0) is 31.5. The molecule has 250 valence electrons. The van der Waals surface area contributed by atoms with E-state index in [9.17, 15) is 14.7 Å². The highest BCUT2D eigenvalue weighted by Gasteiger charge is 2.27. The molecular formula is C35H74N4O3+2. The lowest BCUT2D eigenvalue weighted by Gasteiger charge is -2.36. The minimum absolute atomic E-state index is 0.149. The van der Waals surface area contributed by atoms with Crippen LogP contribution in [0.5, 0.6) is 0 Å². The normalized spacial score (nSPS) is 12.2. The van der Waals surface area contributed by atoms with Crippen molar-refractivity contribution in [1.82, 2.24) is 10.6 Å². The van der Waals surface area contributed by atoms with Crippen molar-refractivity contribution in [2.45, 2.75) is 148 Å². The Morgan fingerprint density at radius 2 is 0.810 bits per heavy atom. The molecule has 0 saturated heterocycles. The molecule has 0 aliphatic heterocycles. The number of likely N-dealkylation sites (N-methyl/N-ethyl adjacent to an activating group) is 2. The van der Waals surface area contributed by atoms with Crippen LogP contribution < -0.4 is 10.6 Å². The van der Waals surface area contributed by atoms with E-state index in [-0.39, 0.29) is 11.8 Å². The fraction of sp³-hybridized carbons (Fsp3) is 0.943. The largest absolute Gasteiger partial charge is 0.382 e. The number of rotatable bonds is 30. The second-order valence-corrected chi connectivity index (χ2v) is 14.2. The highest BCUT2D eigenvalue weighted by atomic mass is 16.3. The van der Waals surface area contributed by atoms with E-state index in [1.54, 1.807) is 0 Å². The van der Waals surface area contributed by atoms with Crippen molar-refractivity contribution in [1.29, 1.82) is 0 Å². The van der Waals surface area contributed by atoms with E-state index < -0.39 is 6.10 Å². The predicted molar refractivity (Wildman–Crippen MR) is 179 cm³/mol. The van der Waals surface area contributed by atoms with Gasteiger partial charge in [-0.3, -0.25) is 9.59 Å². The third kappa shape index (κ3) is 27.6. The Morgan fingerprint density at radius 1 is 0.524 bits per heavy atom. The third-order valence-corrected chi connectivity index (χ3v) is 8.50. The van der Waals surface area contributed by atoms with E-state index >= 15 is 0 Å². The first-order valence-electron chi connectivity index (χ1n) is 17.9. The number of hydrogen-bond donors (Lipinski definition) is 3. The van der Waals surface area contributed by atoms with Crippen molar-refractivity contribution >= 4 is 11.8 Å². The molecule has 7 nitrogen and oxygen atoms in total. The highest BCUT2D eigenvalue weighted by molar-refractivity contribution is 5.76. The van der Waals surface area contributed by atoms with Gasteiger partial charge in [-0.15, -0.1) is 0 Å². The molecule has 0 heterocycles. The smallest absolute Gasteiger partial charge is 0.220 e. The van der Waals surface area contributed by atoms with Crippen LogP contribution in [0.1, 0.15) is 142 Å². The SMILES string of the molecule is CCCCCCCCCCCC(=O)NCC[N+](C)(C)CC(O)C[N+](C)(C)CCNC(=O)CCCCCCCCCCC. The topological polar surface area (TPSA) is 78.4 Å². The fourth-order valence-corrected chi connectivity index (χ4v) is 5.75. The quantitative estimate of drug-likeness (QED) is 0.0646. The minimum atomic E-state index is -0.439. The Labute approximate surface area is 261 Å². The number of amides is 2. The predicted octanol–water partition coefficient (Wildman–Crippen LogP) is 6.57. The van der Waals surface area contributed by atoms with Gasteiger partial charge in [-0.2, -0.15) is 0 Å². The first-order valence-corrected chi connectivity index (χ1v) is 17.9. The molecule has 0 spiro atoms. The van der Waals surface area contributed by atoms with E-state index in [1.165, 1.54) is 89.9 Å². The molecule has 0 aromatic carbocycles. The van der Waals surface area contributed by atoms with Crippen LogP contribution in [0.4, 0.5) is 0 Å². The zero-order valence-corrected chi connectivity index (χ0v) is 29.1. The van der Waals surface area contributed by atoms with Crippen molar-refractivity contribution in [3.63, 3.8) is 0 Å². The van der Waals surface area contributed by atoms with Crippen molar-refractivity contribution in [3.05, 3.63) is 0 Å². The van der Waals surface area contributed by atoms with Gasteiger partial charge in [-0.1, -0.05) is 117 Å². The van der Waals surface area contributed by atoms with Crippen LogP contribution in [0.3, 0.4) is 0 Å². The molecule has 3 N–H and O–H groups in total. The van der Waals surface area contributed by atoms with Gasteiger partial charge >= 0.3 is 0 Å². The Kier molecular flexibility index (Phi) is 25.5. The molecule has 0 bridgehead atoms. The maximum absolute atomic E-state index is 12.2. The summed E-state index contributed by atoms with van der Waals surface area (Å²) in [4.78, 5) is 24.5. The van der Waals surface area contributed by atoms with Crippen LogP contribution in [-0.2, 0) is 9.59 Å². The van der Waals surface area contributed by atoms with Gasteiger partial charge in [0.1, 0.15) is 13.1 Å². The molecule has 0 atom stereocenters. The summed E-state index contributed by atoms with van der Waals surface area (Å²) >= 11 is 0. The lowest BCUT2D eigenvalue weighted by atomic mass is 10.1. The Balaban J connectivity index is 3.92. The number of hydrogen-bond acceptors (Lipinski definition) is 3. The molecule has 0 aliphatic carbocycles. The van der Waals surface area contributed by atoms with E-state index in [1.807, 2.05) is 0 Å². The Hall–Kier alpha value is -1.18. The molecule has 0 saturated carbocycles. The standard InChI is InChI=1S/C35H72N4O3/c1-7-9-11-13-15-17-19-21-23-25-34(41)36-27-29-38(3,4)31-33(40)32-39(5,6)30-28-37-35(42)26-24-22-20-18-16-14-12-10-8-2/h33,40H,7-32H2,1-6H3/p+2. The fourth-order valence-electron chi connectivity index (χ4n) is 5.75. The van der Waals surface area contributed by atoms with Crippen LogP contribution in [0.25, 0.3) is 0 Å². The van der Waals surface area contributed by atoms with Gasteiger partial charge in [0, 0.05) is 12.8 Å². The number of nitrogens with one attached hydrogen (secondary N) is 2. The van der Waals surface area contributed by atoms with Gasteiger partial charge in [0.05, 0.1) is 54.4 Å². The number of carbonyl (C=O) groups is 2. The van der Waals surface area contributed by atoms with Crippen LogP contribution >= 0.6 is 0 Å². The van der Waals surface area contributed by atoms with Crippen LogP contribution in [0.15, 0.2) is 0 Å². The lowest BCUT2D eigenvalue weighted by Crippen LogP contribution is -2.55. The average molecular weight is 599 g/mol. The molecule has 0 aromatic rings. The molecule has 0 unspecified atom stereocenters.